The van der Waals surface area contributed by atoms with Gasteiger partial charge in [-0.05, 0) is 25.7 Å². The third kappa shape index (κ3) is 1.98. The van der Waals surface area contributed by atoms with E-state index >= 15 is 0 Å². The summed E-state index contributed by atoms with van der Waals surface area (Å²) in [5.41, 5.74) is -0.528. The Balaban J connectivity index is 3.92. The molecule has 0 heterocycles. The van der Waals surface area contributed by atoms with Crippen LogP contribution in [0, 0.1) is 12.8 Å². The van der Waals surface area contributed by atoms with Gasteiger partial charge < -0.3 is 5.11 Å². The first-order valence-corrected chi connectivity index (χ1v) is 3.62. The van der Waals surface area contributed by atoms with Gasteiger partial charge in [0, 0.05) is 0 Å². The van der Waals surface area contributed by atoms with Crippen molar-refractivity contribution in [1.82, 2.24) is 0 Å². The van der Waals surface area contributed by atoms with E-state index in [0.717, 1.165) is 12.8 Å². The zero-order valence-electron chi connectivity index (χ0n) is 6.65. The molecule has 0 saturated carbocycles. The van der Waals surface area contributed by atoms with Crippen molar-refractivity contribution in [1.29, 1.82) is 0 Å². The number of hydrogen-bond acceptors (Lipinski definition) is 1. The van der Waals surface area contributed by atoms with Crippen LogP contribution in [0.3, 0.4) is 0 Å². The van der Waals surface area contributed by atoms with Gasteiger partial charge in [0.05, 0.1) is 5.60 Å². The molecule has 0 fully saturated rings. The molecule has 0 bridgehead atoms. The van der Waals surface area contributed by atoms with Crippen LogP contribution >= 0.6 is 0 Å². The molecule has 0 spiro atoms. The standard InChI is InChI=1S/C8H17O/c1-5-8(9,6-2)7(3)4/h7,9H,3,5-6H2,1-2,4H3. The van der Waals surface area contributed by atoms with Crippen LogP contribution in [0.5, 0.6) is 0 Å². The molecule has 1 radical (unpaired) electrons. The molecule has 1 N–H and O–H groups in total. The van der Waals surface area contributed by atoms with Crippen LogP contribution in [0.15, 0.2) is 0 Å². The van der Waals surface area contributed by atoms with Crippen LogP contribution in [-0.2, 0) is 0 Å². The second-order valence-electron chi connectivity index (χ2n) is 2.71. The van der Waals surface area contributed by atoms with Crippen molar-refractivity contribution in [3.63, 3.8) is 0 Å². The van der Waals surface area contributed by atoms with Crippen LogP contribution in [0.25, 0.3) is 0 Å². The molecule has 0 rings (SSSR count). The Morgan fingerprint density at radius 3 is 1.78 bits per heavy atom. The fourth-order valence-electron chi connectivity index (χ4n) is 0.947. The molecule has 0 aliphatic rings. The normalized spacial score (nSPS) is 12.7. The molecule has 0 aliphatic carbocycles. The van der Waals surface area contributed by atoms with E-state index in [1.807, 2.05) is 20.8 Å². The summed E-state index contributed by atoms with van der Waals surface area (Å²) >= 11 is 0. The average molecular weight is 129 g/mol. The lowest BCUT2D eigenvalue weighted by molar-refractivity contribution is -0.00280. The minimum Gasteiger partial charge on any atom is -0.390 e. The van der Waals surface area contributed by atoms with Crippen molar-refractivity contribution in [2.24, 2.45) is 5.92 Å². The molecule has 1 heteroatoms. The van der Waals surface area contributed by atoms with E-state index in [2.05, 4.69) is 6.92 Å². The Kier molecular flexibility index (Phi) is 3.20. The van der Waals surface area contributed by atoms with Gasteiger partial charge in [-0.15, -0.1) is 0 Å². The molecule has 1 nitrogen and oxygen atoms in total. The fourth-order valence-corrected chi connectivity index (χ4v) is 0.947. The molecule has 0 saturated heterocycles. The molecular formula is C8H17O. The quantitative estimate of drug-likeness (QED) is 0.618. The van der Waals surface area contributed by atoms with Gasteiger partial charge in [0.15, 0.2) is 0 Å². The van der Waals surface area contributed by atoms with Gasteiger partial charge in [-0.25, -0.2) is 0 Å². The summed E-state index contributed by atoms with van der Waals surface area (Å²) in [6.45, 7) is 9.74. The molecule has 0 aromatic rings. The average Bonchev–Trinajstić information content (AvgIpc) is 1.86. The van der Waals surface area contributed by atoms with Gasteiger partial charge in [-0.2, -0.15) is 0 Å². The number of hydrogen-bond donors (Lipinski definition) is 1. The largest absolute Gasteiger partial charge is 0.390 e. The molecule has 9 heavy (non-hydrogen) atoms. The summed E-state index contributed by atoms with van der Waals surface area (Å²) in [5.74, 6) is 0.132. The van der Waals surface area contributed by atoms with E-state index in [4.69, 9.17) is 0 Å². The Hall–Kier alpha value is -0.0400. The zero-order valence-corrected chi connectivity index (χ0v) is 6.65. The highest BCUT2D eigenvalue weighted by molar-refractivity contribution is 4.82. The summed E-state index contributed by atoms with van der Waals surface area (Å²) < 4.78 is 0. The predicted octanol–water partition coefficient (Wildman–Crippen LogP) is 2.01. The van der Waals surface area contributed by atoms with Crippen molar-refractivity contribution in [3.8, 4) is 0 Å². The van der Waals surface area contributed by atoms with Gasteiger partial charge in [-0.1, -0.05) is 20.8 Å². The molecule has 0 aromatic heterocycles. The topological polar surface area (TPSA) is 20.2 Å². The highest BCUT2D eigenvalue weighted by atomic mass is 16.3. The Morgan fingerprint density at radius 2 is 1.78 bits per heavy atom. The second kappa shape index (κ2) is 3.21. The molecule has 0 aromatic carbocycles. The van der Waals surface area contributed by atoms with Gasteiger partial charge in [0.2, 0.25) is 0 Å². The summed E-state index contributed by atoms with van der Waals surface area (Å²) in [7, 11) is 0. The van der Waals surface area contributed by atoms with E-state index in [1.54, 1.807) is 0 Å². The maximum Gasteiger partial charge on any atom is 0.0668 e. The Bertz CT molecular complexity index is 72.6. The van der Waals surface area contributed by atoms with Gasteiger partial charge in [-0.3, -0.25) is 0 Å². The van der Waals surface area contributed by atoms with Crippen LogP contribution < -0.4 is 0 Å². The van der Waals surface area contributed by atoms with Crippen molar-refractivity contribution < 1.29 is 5.11 Å². The minimum atomic E-state index is -0.528. The monoisotopic (exact) mass is 129 g/mol. The van der Waals surface area contributed by atoms with Crippen molar-refractivity contribution in [2.75, 3.05) is 0 Å². The Labute approximate surface area is 58.1 Å². The molecule has 1 atom stereocenters. The first-order valence-electron chi connectivity index (χ1n) is 3.62. The maximum absolute atomic E-state index is 9.64. The summed E-state index contributed by atoms with van der Waals surface area (Å²) in [6.07, 6.45) is 1.60. The Morgan fingerprint density at radius 1 is 1.44 bits per heavy atom. The van der Waals surface area contributed by atoms with Crippen LogP contribution in [0.4, 0.5) is 0 Å². The van der Waals surface area contributed by atoms with Crippen LogP contribution in [0.1, 0.15) is 33.6 Å². The summed E-state index contributed by atoms with van der Waals surface area (Å²) in [5, 5.41) is 9.64. The predicted molar refractivity (Wildman–Crippen MR) is 40.1 cm³/mol. The first kappa shape index (κ1) is 8.96. The molecule has 0 amide bonds. The van der Waals surface area contributed by atoms with Crippen molar-refractivity contribution in [2.45, 2.75) is 39.2 Å². The fraction of sp³-hybridized carbons (Fsp3) is 0.875. The van der Waals surface area contributed by atoms with E-state index < -0.39 is 5.60 Å². The number of aliphatic hydroxyl groups is 1. The number of rotatable bonds is 3. The van der Waals surface area contributed by atoms with Gasteiger partial charge in [0.25, 0.3) is 0 Å². The second-order valence-corrected chi connectivity index (χ2v) is 2.71. The van der Waals surface area contributed by atoms with E-state index in [0.29, 0.717) is 0 Å². The smallest absolute Gasteiger partial charge is 0.0668 e. The SMILES string of the molecule is [CH2]C(C)C(O)(CC)CC. The van der Waals surface area contributed by atoms with Gasteiger partial charge in [0.1, 0.15) is 0 Å². The lowest BCUT2D eigenvalue weighted by Gasteiger charge is -2.29. The van der Waals surface area contributed by atoms with Crippen molar-refractivity contribution in [3.05, 3.63) is 6.92 Å². The molecule has 55 valence electrons. The molecule has 1 unspecified atom stereocenters. The lowest BCUT2D eigenvalue weighted by Crippen LogP contribution is -2.33. The summed E-state index contributed by atoms with van der Waals surface area (Å²) in [6, 6.07) is 0. The highest BCUT2D eigenvalue weighted by Gasteiger charge is 2.25. The highest BCUT2D eigenvalue weighted by Crippen LogP contribution is 2.23. The third-order valence-corrected chi connectivity index (χ3v) is 2.14. The zero-order chi connectivity index (χ0) is 7.49. The van der Waals surface area contributed by atoms with Crippen LogP contribution in [0.2, 0.25) is 0 Å². The molecular weight excluding hydrogens is 112 g/mol. The lowest BCUT2D eigenvalue weighted by atomic mass is 9.86. The maximum atomic E-state index is 9.64. The first-order chi connectivity index (χ1) is 4.06. The minimum absolute atomic E-state index is 0.132. The van der Waals surface area contributed by atoms with E-state index in [1.165, 1.54) is 0 Å². The van der Waals surface area contributed by atoms with Crippen LogP contribution in [-0.4, -0.2) is 10.7 Å². The molecule has 0 aliphatic heterocycles. The van der Waals surface area contributed by atoms with E-state index in [9.17, 15) is 5.11 Å². The van der Waals surface area contributed by atoms with E-state index in [-0.39, 0.29) is 5.92 Å². The summed E-state index contributed by atoms with van der Waals surface area (Å²) in [4.78, 5) is 0. The van der Waals surface area contributed by atoms with Gasteiger partial charge >= 0.3 is 0 Å². The third-order valence-electron chi connectivity index (χ3n) is 2.14. The van der Waals surface area contributed by atoms with Crippen molar-refractivity contribution >= 4 is 0 Å².